The maximum atomic E-state index is 6.05. The molecular formula is C17H21NO2S. The first-order valence-electron chi connectivity index (χ1n) is 6.94. The molecule has 0 spiro atoms. The van der Waals surface area contributed by atoms with Gasteiger partial charge in [-0.25, -0.2) is 0 Å². The number of hydrogen-bond acceptors (Lipinski definition) is 4. The Balaban J connectivity index is 2.38. The Bertz CT molecular complexity index is 614. The Morgan fingerprint density at radius 1 is 1.10 bits per heavy atom. The summed E-state index contributed by atoms with van der Waals surface area (Å²) in [6.07, 6.45) is 3.00. The second-order valence-electron chi connectivity index (χ2n) is 4.58. The van der Waals surface area contributed by atoms with Crippen LogP contribution < -0.4 is 15.2 Å². The Morgan fingerprint density at radius 2 is 1.90 bits per heavy atom. The van der Waals surface area contributed by atoms with Crippen LogP contribution in [0.15, 0.2) is 41.3 Å². The minimum absolute atomic E-state index is 0.446. The lowest BCUT2D eigenvalue weighted by Gasteiger charge is -2.15. The van der Waals surface area contributed by atoms with Gasteiger partial charge >= 0.3 is 0 Å². The molecule has 0 aliphatic heterocycles. The van der Waals surface area contributed by atoms with E-state index in [-0.39, 0.29) is 0 Å². The number of hydrogen-bond donors (Lipinski definition) is 1. The predicted octanol–water partition coefficient (Wildman–Crippen LogP) is 4.23. The summed E-state index contributed by atoms with van der Waals surface area (Å²) in [5, 5.41) is 0. The van der Waals surface area contributed by atoms with Crippen molar-refractivity contribution in [3.63, 3.8) is 0 Å². The van der Waals surface area contributed by atoms with Crippen LogP contribution in [0.4, 0.5) is 0 Å². The van der Waals surface area contributed by atoms with E-state index in [1.54, 1.807) is 18.9 Å². The summed E-state index contributed by atoms with van der Waals surface area (Å²) >= 11 is 1.67. The molecule has 3 nitrogen and oxygen atoms in total. The van der Waals surface area contributed by atoms with E-state index in [0.717, 1.165) is 28.4 Å². The van der Waals surface area contributed by atoms with Gasteiger partial charge in [0, 0.05) is 17.0 Å². The van der Waals surface area contributed by atoms with E-state index in [0.29, 0.717) is 12.3 Å². The van der Waals surface area contributed by atoms with E-state index < -0.39 is 0 Å². The first-order chi connectivity index (χ1) is 10.2. The lowest BCUT2D eigenvalue weighted by molar-refractivity contribution is 0.376. The van der Waals surface area contributed by atoms with Gasteiger partial charge in [-0.15, -0.1) is 11.8 Å². The Morgan fingerprint density at radius 3 is 2.52 bits per heavy atom. The molecule has 21 heavy (non-hydrogen) atoms. The van der Waals surface area contributed by atoms with Crippen LogP contribution >= 0.6 is 11.8 Å². The Kier molecular flexibility index (Phi) is 5.53. The lowest BCUT2D eigenvalue weighted by Crippen LogP contribution is -2.02. The highest BCUT2D eigenvalue weighted by atomic mass is 32.2. The molecule has 0 bridgehead atoms. The number of methoxy groups -OCH3 is 1. The SMILES string of the molecule is CCc1ccc(Oc2cccc(SC)c2CN)c(OC)c1. The van der Waals surface area contributed by atoms with E-state index in [2.05, 4.69) is 19.1 Å². The monoisotopic (exact) mass is 303 g/mol. The van der Waals surface area contributed by atoms with Gasteiger partial charge in [-0.2, -0.15) is 0 Å². The van der Waals surface area contributed by atoms with Gasteiger partial charge in [0.05, 0.1) is 7.11 Å². The zero-order chi connectivity index (χ0) is 15.2. The van der Waals surface area contributed by atoms with Gasteiger partial charge in [-0.05, 0) is 42.5 Å². The van der Waals surface area contributed by atoms with Crippen LogP contribution in [-0.2, 0) is 13.0 Å². The molecule has 0 unspecified atom stereocenters. The molecule has 0 saturated carbocycles. The van der Waals surface area contributed by atoms with Gasteiger partial charge in [0.2, 0.25) is 0 Å². The van der Waals surface area contributed by atoms with E-state index in [4.69, 9.17) is 15.2 Å². The molecule has 4 heteroatoms. The molecule has 0 amide bonds. The average Bonchev–Trinajstić information content (AvgIpc) is 2.54. The highest BCUT2D eigenvalue weighted by molar-refractivity contribution is 7.98. The van der Waals surface area contributed by atoms with Crippen molar-refractivity contribution in [2.45, 2.75) is 24.8 Å². The fraction of sp³-hybridized carbons (Fsp3) is 0.294. The maximum Gasteiger partial charge on any atom is 0.169 e. The molecule has 0 aliphatic carbocycles. The third-order valence-electron chi connectivity index (χ3n) is 3.37. The van der Waals surface area contributed by atoms with E-state index in [1.807, 2.05) is 30.5 Å². The number of ether oxygens (including phenoxy) is 2. The van der Waals surface area contributed by atoms with Crippen LogP contribution in [0.25, 0.3) is 0 Å². The van der Waals surface area contributed by atoms with Gasteiger partial charge in [-0.1, -0.05) is 19.1 Å². The zero-order valence-electron chi connectivity index (χ0n) is 12.7. The number of rotatable bonds is 6. The minimum atomic E-state index is 0.446. The molecule has 0 heterocycles. The molecule has 0 radical (unpaired) electrons. The van der Waals surface area contributed by atoms with Gasteiger partial charge in [-0.3, -0.25) is 0 Å². The van der Waals surface area contributed by atoms with Crippen LogP contribution in [0, 0.1) is 0 Å². The second kappa shape index (κ2) is 7.38. The van der Waals surface area contributed by atoms with Crippen molar-refractivity contribution in [1.29, 1.82) is 0 Å². The summed E-state index contributed by atoms with van der Waals surface area (Å²) in [5.74, 6) is 2.24. The zero-order valence-corrected chi connectivity index (χ0v) is 13.5. The van der Waals surface area contributed by atoms with Crippen molar-refractivity contribution < 1.29 is 9.47 Å². The van der Waals surface area contributed by atoms with Crippen molar-refractivity contribution in [2.24, 2.45) is 5.73 Å². The second-order valence-corrected chi connectivity index (χ2v) is 5.43. The maximum absolute atomic E-state index is 6.05. The number of nitrogens with two attached hydrogens (primary N) is 1. The number of thioether (sulfide) groups is 1. The fourth-order valence-corrected chi connectivity index (χ4v) is 2.81. The van der Waals surface area contributed by atoms with E-state index >= 15 is 0 Å². The Labute approximate surface area is 130 Å². The number of benzene rings is 2. The van der Waals surface area contributed by atoms with E-state index in [1.165, 1.54) is 5.56 Å². The van der Waals surface area contributed by atoms with Gasteiger partial charge < -0.3 is 15.2 Å². The molecule has 2 aromatic carbocycles. The van der Waals surface area contributed by atoms with Gasteiger partial charge in [0.25, 0.3) is 0 Å². The molecule has 0 saturated heterocycles. The largest absolute Gasteiger partial charge is 0.493 e. The third-order valence-corrected chi connectivity index (χ3v) is 4.19. The molecule has 0 atom stereocenters. The molecule has 0 aromatic heterocycles. The molecule has 0 fully saturated rings. The average molecular weight is 303 g/mol. The predicted molar refractivity (Wildman–Crippen MR) is 88.6 cm³/mol. The van der Waals surface area contributed by atoms with E-state index in [9.17, 15) is 0 Å². The van der Waals surface area contributed by atoms with Crippen molar-refractivity contribution in [2.75, 3.05) is 13.4 Å². The standard InChI is InChI=1S/C17H21NO2S/c1-4-12-8-9-15(16(10-12)19-2)20-14-6-5-7-17(21-3)13(14)11-18/h5-10H,4,11,18H2,1-3H3. The molecule has 112 valence electrons. The van der Waals surface area contributed by atoms with Gasteiger partial charge in [0.15, 0.2) is 11.5 Å². The number of aryl methyl sites for hydroxylation is 1. The molecule has 2 N–H and O–H groups in total. The summed E-state index contributed by atoms with van der Waals surface area (Å²) in [4.78, 5) is 1.14. The molecule has 2 aromatic rings. The van der Waals surface area contributed by atoms with Crippen LogP contribution in [0.3, 0.4) is 0 Å². The normalized spacial score (nSPS) is 10.5. The molecule has 2 rings (SSSR count). The van der Waals surface area contributed by atoms with Crippen LogP contribution in [0.1, 0.15) is 18.1 Å². The van der Waals surface area contributed by atoms with Crippen molar-refractivity contribution in [3.05, 3.63) is 47.5 Å². The summed E-state index contributed by atoms with van der Waals surface area (Å²) in [6.45, 7) is 2.56. The topological polar surface area (TPSA) is 44.5 Å². The van der Waals surface area contributed by atoms with Crippen molar-refractivity contribution in [1.82, 2.24) is 0 Å². The van der Waals surface area contributed by atoms with Crippen LogP contribution in [-0.4, -0.2) is 13.4 Å². The summed E-state index contributed by atoms with van der Waals surface area (Å²) < 4.78 is 11.5. The highest BCUT2D eigenvalue weighted by Crippen LogP contribution is 2.36. The van der Waals surface area contributed by atoms with Gasteiger partial charge in [0.1, 0.15) is 5.75 Å². The highest BCUT2D eigenvalue weighted by Gasteiger charge is 2.11. The quantitative estimate of drug-likeness (QED) is 0.811. The molecule has 0 aliphatic rings. The first kappa shape index (κ1) is 15.7. The summed E-state index contributed by atoms with van der Waals surface area (Å²) in [5.41, 5.74) is 8.11. The molecular weight excluding hydrogens is 282 g/mol. The summed E-state index contributed by atoms with van der Waals surface area (Å²) in [7, 11) is 1.66. The van der Waals surface area contributed by atoms with Crippen LogP contribution in [0.5, 0.6) is 17.2 Å². The first-order valence-corrected chi connectivity index (χ1v) is 8.16. The Hall–Kier alpha value is -1.65. The third kappa shape index (κ3) is 3.52. The summed E-state index contributed by atoms with van der Waals surface area (Å²) in [6, 6.07) is 12.0. The lowest BCUT2D eigenvalue weighted by atomic mass is 10.1. The van der Waals surface area contributed by atoms with Crippen LogP contribution in [0.2, 0.25) is 0 Å². The fourth-order valence-electron chi connectivity index (χ4n) is 2.17. The minimum Gasteiger partial charge on any atom is -0.493 e. The van der Waals surface area contributed by atoms with Crippen molar-refractivity contribution in [3.8, 4) is 17.2 Å². The van der Waals surface area contributed by atoms with Crippen molar-refractivity contribution >= 4 is 11.8 Å². The smallest absolute Gasteiger partial charge is 0.169 e.